The molecule has 0 radical (unpaired) electrons. The molecule has 3 heteroatoms. The molecule has 0 spiro atoms. The molecule has 1 heterocycles. The van der Waals surface area contributed by atoms with E-state index in [1.165, 1.54) is 58.2 Å². The summed E-state index contributed by atoms with van der Waals surface area (Å²) >= 11 is 2.09. The Morgan fingerprint density at radius 3 is 2.84 bits per heavy atom. The van der Waals surface area contributed by atoms with Crippen LogP contribution in [0.2, 0.25) is 0 Å². The van der Waals surface area contributed by atoms with E-state index in [1.807, 2.05) is 0 Å². The molecule has 112 valence electrons. The van der Waals surface area contributed by atoms with Crippen molar-refractivity contribution < 1.29 is 0 Å². The number of thioether (sulfide) groups is 1. The molecule has 0 aromatic carbocycles. The molecule has 2 rings (SSSR count). The third-order valence-electron chi connectivity index (χ3n) is 4.71. The maximum Gasteiger partial charge on any atom is 0.0197 e. The van der Waals surface area contributed by atoms with Gasteiger partial charge >= 0.3 is 0 Å². The third-order valence-corrected chi connectivity index (χ3v) is 5.81. The first kappa shape index (κ1) is 15.7. The average molecular weight is 285 g/mol. The first-order chi connectivity index (χ1) is 9.19. The van der Waals surface area contributed by atoms with Gasteiger partial charge in [0.2, 0.25) is 0 Å². The summed E-state index contributed by atoms with van der Waals surface area (Å²) < 4.78 is 0. The average Bonchev–Trinajstić information content (AvgIpc) is 2.64. The fourth-order valence-electron chi connectivity index (χ4n) is 3.75. The SMILES string of the molecule is CSC1CCCC(N2CCCNC(CC(C)C)C2)C1. The zero-order chi connectivity index (χ0) is 13.7. The minimum absolute atomic E-state index is 0.720. The summed E-state index contributed by atoms with van der Waals surface area (Å²) in [6.45, 7) is 8.51. The third kappa shape index (κ3) is 4.95. The maximum atomic E-state index is 3.76. The number of nitrogens with one attached hydrogen (secondary N) is 1. The van der Waals surface area contributed by atoms with Crippen molar-refractivity contribution in [3.63, 3.8) is 0 Å². The van der Waals surface area contributed by atoms with Crippen molar-refractivity contribution in [2.24, 2.45) is 5.92 Å². The monoisotopic (exact) mass is 284 g/mol. The van der Waals surface area contributed by atoms with Crippen LogP contribution in [0.3, 0.4) is 0 Å². The molecule has 3 unspecified atom stereocenters. The van der Waals surface area contributed by atoms with Crippen LogP contribution in [0.1, 0.15) is 52.4 Å². The van der Waals surface area contributed by atoms with Gasteiger partial charge in [-0.05, 0) is 57.4 Å². The molecule has 1 aliphatic heterocycles. The predicted molar refractivity (Wildman–Crippen MR) is 87.0 cm³/mol. The summed E-state index contributed by atoms with van der Waals surface area (Å²) in [6.07, 6.45) is 10.7. The first-order valence-corrected chi connectivity index (χ1v) is 9.48. The fourth-order valence-corrected chi connectivity index (χ4v) is 4.57. The van der Waals surface area contributed by atoms with Crippen LogP contribution < -0.4 is 5.32 Å². The highest BCUT2D eigenvalue weighted by atomic mass is 32.2. The lowest BCUT2D eigenvalue weighted by atomic mass is 9.93. The highest BCUT2D eigenvalue weighted by molar-refractivity contribution is 7.99. The second kappa shape index (κ2) is 7.90. The molecule has 2 nitrogen and oxygen atoms in total. The van der Waals surface area contributed by atoms with Gasteiger partial charge in [-0.1, -0.05) is 20.3 Å². The van der Waals surface area contributed by atoms with Crippen molar-refractivity contribution in [3.05, 3.63) is 0 Å². The minimum Gasteiger partial charge on any atom is -0.313 e. The first-order valence-electron chi connectivity index (χ1n) is 8.19. The molecule has 0 amide bonds. The van der Waals surface area contributed by atoms with Crippen LogP contribution in [-0.2, 0) is 0 Å². The second-order valence-corrected chi connectivity index (χ2v) is 7.95. The summed E-state index contributed by atoms with van der Waals surface area (Å²) in [7, 11) is 0. The Balaban J connectivity index is 1.89. The molecule has 19 heavy (non-hydrogen) atoms. The molecular formula is C16H32N2S. The highest BCUT2D eigenvalue weighted by Crippen LogP contribution is 2.30. The van der Waals surface area contributed by atoms with E-state index in [4.69, 9.17) is 0 Å². The molecule has 0 aromatic heterocycles. The Bertz CT molecular complexity index is 257. The van der Waals surface area contributed by atoms with Crippen LogP contribution in [0, 0.1) is 5.92 Å². The molecule has 2 fully saturated rings. The maximum absolute atomic E-state index is 3.76. The Morgan fingerprint density at radius 2 is 2.11 bits per heavy atom. The standard InChI is InChI=1S/C16H32N2S/c1-13(2)10-14-12-18(9-5-8-17-14)15-6-4-7-16(11-15)19-3/h13-17H,4-12H2,1-3H3. The molecule has 1 aliphatic carbocycles. The van der Waals surface area contributed by atoms with Crippen LogP contribution >= 0.6 is 11.8 Å². The topological polar surface area (TPSA) is 15.3 Å². The normalized spacial score (nSPS) is 34.4. The van der Waals surface area contributed by atoms with Gasteiger partial charge in [-0.2, -0.15) is 11.8 Å². The van der Waals surface area contributed by atoms with Gasteiger partial charge in [0.15, 0.2) is 0 Å². The number of rotatable bonds is 4. The Kier molecular flexibility index (Phi) is 6.51. The zero-order valence-electron chi connectivity index (χ0n) is 13.0. The van der Waals surface area contributed by atoms with Gasteiger partial charge < -0.3 is 5.32 Å². The summed E-state index contributed by atoms with van der Waals surface area (Å²) in [5, 5.41) is 4.68. The van der Waals surface area contributed by atoms with Crippen molar-refractivity contribution >= 4 is 11.8 Å². The van der Waals surface area contributed by atoms with Crippen molar-refractivity contribution in [2.45, 2.75) is 69.7 Å². The molecule has 1 N–H and O–H groups in total. The van der Waals surface area contributed by atoms with Gasteiger partial charge in [0.05, 0.1) is 0 Å². The quantitative estimate of drug-likeness (QED) is 0.852. The van der Waals surface area contributed by atoms with E-state index in [9.17, 15) is 0 Å². The van der Waals surface area contributed by atoms with Gasteiger partial charge in [-0.25, -0.2) is 0 Å². The van der Waals surface area contributed by atoms with Crippen molar-refractivity contribution in [1.29, 1.82) is 0 Å². The van der Waals surface area contributed by atoms with Crippen molar-refractivity contribution in [3.8, 4) is 0 Å². The summed E-state index contributed by atoms with van der Waals surface area (Å²) in [4.78, 5) is 2.81. The van der Waals surface area contributed by atoms with Crippen molar-refractivity contribution in [1.82, 2.24) is 10.2 Å². The molecule has 0 bridgehead atoms. The van der Waals surface area contributed by atoms with Gasteiger partial charge in [-0.3, -0.25) is 4.90 Å². The molecular weight excluding hydrogens is 252 g/mol. The summed E-state index contributed by atoms with van der Waals surface area (Å²) in [5.41, 5.74) is 0. The van der Waals surface area contributed by atoms with Crippen LogP contribution in [0.4, 0.5) is 0 Å². The lowest BCUT2D eigenvalue weighted by Crippen LogP contribution is -2.45. The van der Waals surface area contributed by atoms with E-state index in [-0.39, 0.29) is 0 Å². The minimum atomic E-state index is 0.720. The predicted octanol–water partition coefficient (Wildman–Crippen LogP) is 3.37. The van der Waals surface area contributed by atoms with Gasteiger partial charge in [0.25, 0.3) is 0 Å². The zero-order valence-corrected chi connectivity index (χ0v) is 13.8. The molecule has 1 saturated carbocycles. The summed E-state index contributed by atoms with van der Waals surface area (Å²) in [6, 6.07) is 1.58. The lowest BCUT2D eigenvalue weighted by molar-refractivity contribution is 0.152. The Hall–Kier alpha value is 0.270. The Morgan fingerprint density at radius 1 is 1.26 bits per heavy atom. The molecule has 1 saturated heterocycles. The van der Waals surface area contributed by atoms with E-state index < -0.39 is 0 Å². The van der Waals surface area contributed by atoms with Crippen LogP contribution in [0.15, 0.2) is 0 Å². The number of nitrogens with zero attached hydrogens (tertiary/aromatic N) is 1. The highest BCUT2D eigenvalue weighted by Gasteiger charge is 2.28. The van der Waals surface area contributed by atoms with Gasteiger partial charge in [-0.15, -0.1) is 0 Å². The van der Waals surface area contributed by atoms with Gasteiger partial charge in [0, 0.05) is 23.9 Å². The van der Waals surface area contributed by atoms with E-state index >= 15 is 0 Å². The van der Waals surface area contributed by atoms with Crippen LogP contribution in [0.25, 0.3) is 0 Å². The fraction of sp³-hybridized carbons (Fsp3) is 1.00. The van der Waals surface area contributed by atoms with E-state index in [1.54, 1.807) is 0 Å². The number of hydrogen-bond acceptors (Lipinski definition) is 3. The summed E-state index contributed by atoms with van der Waals surface area (Å²) in [5.74, 6) is 0.808. The molecule has 3 atom stereocenters. The number of hydrogen-bond donors (Lipinski definition) is 1. The van der Waals surface area contributed by atoms with E-state index in [2.05, 4.69) is 42.1 Å². The van der Waals surface area contributed by atoms with Crippen LogP contribution in [-0.4, -0.2) is 48.1 Å². The molecule has 0 aromatic rings. The molecule has 2 aliphatic rings. The van der Waals surface area contributed by atoms with E-state index in [0.717, 1.165) is 23.3 Å². The largest absolute Gasteiger partial charge is 0.313 e. The smallest absolute Gasteiger partial charge is 0.0197 e. The second-order valence-electron chi connectivity index (χ2n) is 6.81. The van der Waals surface area contributed by atoms with Gasteiger partial charge in [0.1, 0.15) is 0 Å². The van der Waals surface area contributed by atoms with E-state index in [0.29, 0.717) is 0 Å². The van der Waals surface area contributed by atoms with Crippen LogP contribution in [0.5, 0.6) is 0 Å². The lowest BCUT2D eigenvalue weighted by Gasteiger charge is -2.38. The van der Waals surface area contributed by atoms with Crippen molar-refractivity contribution in [2.75, 3.05) is 25.9 Å². The Labute approximate surface area is 124 Å².